The lowest BCUT2D eigenvalue weighted by molar-refractivity contribution is -0.126. The van der Waals surface area contributed by atoms with Crippen molar-refractivity contribution in [2.24, 2.45) is 5.92 Å². The van der Waals surface area contributed by atoms with E-state index in [1.165, 1.54) is 4.88 Å². The number of aromatic nitrogens is 1. The van der Waals surface area contributed by atoms with Gasteiger partial charge in [0.25, 0.3) is 0 Å². The number of nitrogens with one attached hydrogen (secondary N) is 1. The molecule has 1 fully saturated rings. The van der Waals surface area contributed by atoms with Crippen LogP contribution in [0.2, 0.25) is 0 Å². The average Bonchev–Trinajstić information content (AvgIpc) is 3.36. The molecule has 3 heterocycles. The summed E-state index contributed by atoms with van der Waals surface area (Å²) >= 11 is 1.73. The number of carbonyl (C=O) groups is 1. The standard InChI is InChI=1S/C22H27N3O3S/c26-21(23-11-8-18-5-3-16-29-18)17-9-14-24(15-10-17)12-4-13-25-19-6-1-2-7-20(19)28-22(25)27/h1-3,5-7,16-17H,4,8-15H2,(H,23,26). The minimum absolute atomic E-state index is 0.120. The summed E-state index contributed by atoms with van der Waals surface area (Å²) in [5.74, 6) is 0.0248. The lowest BCUT2D eigenvalue weighted by Gasteiger charge is -2.31. The fourth-order valence-electron chi connectivity index (χ4n) is 4.00. The van der Waals surface area contributed by atoms with Crippen LogP contribution in [0.4, 0.5) is 0 Å². The second-order valence-electron chi connectivity index (χ2n) is 7.58. The third-order valence-corrected chi connectivity index (χ3v) is 6.58. The van der Waals surface area contributed by atoms with Crippen LogP contribution in [0.25, 0.3) is 11.1 Å². The van der Waals surface area contributed by atoms with Crippen molar-refractivity contribution in [3.05, 3.63) is 57.2 Å². The van der Waals surface area contributed by atoms with Gasteiger partial charge >= 0.3 is 5.76 Å². The molecular weight excluding hydrogens is 386 g/mol. The lowest BCUT2D eigenvalue weighted by atomic mass is 9.96. The van der Waals surface area contributed by atoms with Gasteiger partial charge in [0.2, 0.25) is 5.91 Å². The number of aryl methyl sites for hydroxylation is 1. The quantitative estimate of drug-likeness (QED) is 0.616. The normalized spacial score (nSPS) is 15.7. The molecule has 0 spiro atoms. The number of carbonyl (C=O) groups excluding carboxylic acids is 1. The Morgan fingerprint density at radius 2 is 1.97 bits per heavy atom. The van der Waals surface area contributed by atoms with E-state index >= 15 is 0 Å². The highest BCUT2D eigenvalue weighted by molar-refractivity contribution is 7.09. The molecular formula is C22H27N3O3S. The summed E-state index contributed by atoms with van der Waals surface area (Å²) in [6, 6.07) is 11.7. The van der Waals surface area contributed by atoms with E-state index in [-0.39, 0.29) is 17.6 Å². The molecule has 2 aromatic heterocycles. The first-order valence-corrected chi connectivity index (χ1v) is 11.2. The Morgan fingerprint density at radius 3 is 2.76 bits per heavy atom. The molecule has 154 valence electrons. The summed E-state index contributed by atoms with van der Waals surface area (Å²) in [7, 11) is 0. The molecule has 1 aromatic carbocycles. The van der Waals surface area contributed by atoms with Gasteiger partial charge in [0.1, 0.15) is 0 Å². The zero-order chi connectivity index (χ0) is 20.1. The van der Waals surface area contributed by atoms with E-state index in [4.69, 9.17) is 4.42 Å². The van der Waals surface area contributed by atoms with Crippen LogP contribution in [0.1, 0.15) is 24.1 Å². The summed E-state index contributed by atoms with van der Waals surface area (Å²) in [5.41, 5.74) is 1.50. The van der Waals surface area contributed by atoms with E-state index < -0.39 is 0 Å². The van der Waals surface area contributed by atoms with Gasteiger partial charge < -0.3 is 14.6 Å². The van der Waals surface area contributed by atoms with Gasteiger partial charge in [-0.15, -0.1) is 11.3 Å². The number of piperidine rings is 1. The molecule has 1 aliphatic heterocycles. The molecule has 3 aromatic rings. The van der Waals surface area contributed by atoms with Crippen LogP contribution < -0.4 is 11.1 Å². The van der Waals surface area contributed by atoms with Crippen molar-refractivity contribution in [3.63, 3.8) is 0 Å². The number of hydrogen-bond donors (Lipinski definition) is 1. The summed E-state index contributed by atoms with van der Waals surface area (Å²) in [4.78, 5) is 28.1. The van der Waals surface area contributed by atoms with Crippen LogP contribution >= 0.6 is 11.3 Å². The van der Waals surface area contributed by atoms with Gasteiger partial charge in [-0.3, -0.25) is 9.36 Å². The zero-order valence-corrected chi connectivity index (χ0v) is 17.3. The predicted molar refractivity (Wildman–Crippen MR) is 115 cm³/mol. The van der Waals surface area contributed by atoms with Crippen LogP contribution in [0, 0.1) is 5.92 Å². The van der Waals surface area contributed by atoms with Gasteiger partial charge in [-0.1, -0.05) is 18.2 Å². The number of rotatable bonds is 8. The van der Waals surface area contributed by atoms with Gasteiger partial charge in [0.15, 0.2) is 5.58 Å². The zero-order valence-electron chi connectivity index (χ0n) is 16.5. The van der Waals surface area contributed by atoms with E-state index in [9.17, 15) is 9.59 Å². The minimum atomic E-state index is -0.288. The first kappa shape index (κ1) is 19.9. The second-order valence-corrected chi connectivity index (χ2v) is 8.61. The molecule has 7 heteroatoms. The number of amides is 1. The summed E-state index contributed by atoms with van der Waals surface area (Å²) in [5, 5.41) is 5.16. The smallest absolute Gasteiger partial charge is 0.408 e. The van der Waals surface area contributed by atoms with Crippen molar-refractivity contribution in [1.29, 1.82) is 0 Å². The van der Waals surface area contributed by atoms with Gasteiger partial charge in [0, 0.05) is 23.9 Å². The van der Waals surface area contributed by atoms with Crippen LogP contribution in [0.15, 0.2) is 51.0 Å². The topological polar surface area (TPSA) is 67.5 Å². The Morgan fingerprint density at radius 1 is 1.14 bits per heavy atom. The van der Waals surface area contributed by atoms with Gasteiger partial charge in [-0.2, -0.15) is 0 Å². The van der Waals surface area contributed by atoms with E-state index in [1.807, 2.05) is 30.3 Å². The van der Waals surface area contributed by atoms with Crippen LogP contribution in [-0.2, 0) is 17.8 Å². The monoisotopic (exact) mass is 413 g/mol. The number of thiophene rings is 1. The minimum Gasteiger partial charge on any atom is -0.408 e. The fourth-order valence-corrected chi connectivity index (χ4v) is 4.71. The molecule has 1 N–H and O–H groups in total. The van der Waals surface area contributed by atoms with E-state index in [0.29, 0.717) is 18.7 Å². The number of fused-ring (bicyclic) bond motifs is 1. The van der Waals surface area contributed by atoms with Gasteiger partial charge in [-0.05, 0) is 68.9 Å². The summed E-state index contributed by atoms with van der Waals surface area (Å²) in [6.45, 7) is 4.17. The van der Waals surface area contributed by atoms with E-state index in [1.54, 1.807) is 15.9 Å². The molecule has 1 amide bonds. The van der Waals surface area contributed by atoms with Crippen LogP contribution in [0.3, 0.4) is 0 Å². The maximum atomic E-state index is 12.4. The molecule has 1 saturated heterocycles. The third kappa shape index (κ3) is 4.97. The summed E-state index contributed by atoms with van der Waals surface area (Å²) in [6.07, 6.45) is 3.60. The highest BCUT2D eigenvalue weighted by atomic mass is 32.1. The Labute approximate surface area is 174 Å². The van der Waals surface area contributed by atoms with Crippen molar-refractivity contribution < 1.29 is 9.21 Å². The number of hydrogen-bond acceptors (Lipinski definition) is 5. The van der Waals surface area contributed by atoms with Gasteiger partial charge in [0.05, 0.1) is 5.52 Å². The Bertz CT molecular complexity index is 984. The van der Waals surface area contributed by atoms with Gasteiger partial charge in [-0.25, -0.2) is 4.79 Å². The second kappa shape index (κ2) is 9.41. The van der Waals surface area contributed by atoms with Crippen molar-refractivity contribution in [3.8, 4) is 0 Å². The van der Waals surface area contributed by atoms with E-state index in [2.05, 4.69) is 21.7 Å². The molecule has 0 radical (unpaired) electrons. The molecule has 1 aliphatic rings. The van der Waals surface area contributed by atoms with Crippen molar-refractivity contribution in [2.75, 3.05) is 26.2 Å². The highest BCUT2D eigenvalue weighted by Gasteiger charge is 2.24. The molecule has 29 heavy (non-hydrogen) atoms. The number of para-hydroxylation sites is 2. The average molecular weight is 414 g/mol. The van der Waals surface area contributed by atoms with Crippen LogP contribution in [0.5, 0.6) is 0 Å². The first-order valence-electron chi connectivity index (χ1n) is 10.3. The Kier molecular flexibility index (Phi) is 6.46. The maximum Gasteiger partial charge on any atom is 0.419 e. The molecule has 0 atom stereocenters. The third-order valence-electron chi connectivity index (χ3n) is 5.64. The summed E-state index contributed by atoms with van der Waals surface area (Å²) < 4.78 is 7.00. The van der Waals surface area contributed by atoms with Crippen molar-refractivity contribution in [1.82, 2.24) is 14.8 Å². The maximum absolute atomic E-state index is 12.4. The molecule has 6 nitrogen and oxygen atoms in total. The predicted octanol–water partition coefficient (Wildman–Crippen LogP) is 3.12. The number of nitrogens with zero attached hydrogens (tertiary/aromatic N) is 2. The highest BCUT2D eigenvalue weighted by Crippen LogP contribution is 2.18. The molecule has 4 rings (SSSR count). The molecule has 0 bridgehead atoms. The lowest BCUT2D eigenvalue weighted by Crippen LogP contribution is -2.41. The first-order chi connectivity index (χ1) is 14.2. The van der Waals surface area contributed by atoms with E-state index in [0.717, 1.165) is 50.8 Å². The number of likely N-dealkylation sites (tertiary alicyclic amines) is 1. The number of benzene rings is 1. The molecule has 0 saturated carbocycles. The largest absolute Gasteiger partial charge is 0.419 e. The number of oxazole rings is 1. The van der Waals surface area contributed by atoms with Crippen molar-refractivity contribution in [2.45, 2.75) is 32.2 Å². The van der Waals surface area contributed by atoms with Crippen molar-refractivity contribution >= 4 is 28.3 Å². The molecule has 0 aliphatic carbocycles. The SMILES string of the molecule is O=C(NCCc1cccs1)C1CCN(CCCn2c(=O)oc3ccccc32)CC1. The Balaban J connectivity index is 1.17. The fraction of sp³-hybridized carbons (Fsp3) is 0.455. The van der Waals surface area contributed by atoms with Crippen LogP contribution in [-0.4, -0.2) is 41.6 Å². The molecule has 0 unspecified atom stereocenters. The Hall–Kier alpha value is -2.38.